The molecule has 0 amide bonds. The highest BCUT2D eigenvalue weighted by Crippen LogP contribution is 2.27. The van der Waals surface area contributed by atoms with E-state index in [1.165, 1.54) is 35.1 Å². The Kier molecular flexibility index (Phi) is 7.99. The standard InChI is InChI=1S/C23H35N3/c1-5-20(21-12-10-18(2)11-13-21)14-15-25-16-17-26(4)19(3)22-8-6-7-9-23(22)24/h10-14,25H,3,5-9,15-17,24H2,1-2,4H3/b20-14+. The molecule has 1 aliphatic carbocycles. The molecule has 0 atom stereocenters. The van der Waals surface area contributed by atoms with E-state index in [0.717, 1.165) is 50.3 Å². The van der Waals surface area contributed by atoms with Crippen molar-refractivity contribution < 1.29 is 0 Å². The fourth-order valence-corrected chi connectivity index (χ4v) is 3.40. The van der Waals surface area contributed by atoms with Crippen LogP contribution in [-0.2, 0) is 0 Å². The molecule has 1 aromatic carbocycles. The van der Waals surface area contributed by atoms with Gasteiger partial charge in [-0.25, -0.2) is 0 Å². The molecule has 3 N–H and O–H groups in total. The van der Waals surface area contributed by atoms with Crippen molar-refractivity contribution in [1.82, 2.24) is 10.2 Å². The molecule has 0 saturated carbocycles. The first kappa shape index (κ1) is 20.3. The quantitative estimate of drug-likeness (QED) is 0.637. The van der Waals surface area contributed by atoms with E-state index in [0.29, 0.717) is 0 Å². The Balaban J connectivity index is 1.78. The molecule has 0 bridgehead atoms. The highest BCUT2D eigenvalue weighted by Gasteiger charge is 2.15. The maximum absolute atomic E-state index is 6.18. The summed E-state index contributed by atoms with van der Waals surface area (Å²) in [5, 5.41) is 3.52. The number of benzene rings is 1. The van der Waals surface area contributed by atoms with Crippen molar-refractivity contribution in [2.45, 2.75) is 46.0 Å². The molecule has 0 aromatic heterocycles. The Morgan fingerprint density at radius 1 is 1.23 bits per heavy atom. The van der Waals surface area contributed by atoms with Gasteiger partial charge >= 0.3 is 0 Å². The summed E-state index contributed by atoms with van der Waals surface area (Å²) in [6.45, 7) is 11.4. The Bertz CT molecular complexity index is 653. The summed E-state index contributed by atoms with van der Waals surface area (Å²) in [5.41, 5.74) is 13.6. The van der Waals surface area contributed by atoms with Crippen LogP contribution in [0.15, 0.2) is 53.9 Å². The Morgan fingerprint density at radius 2 is 1.92 bits per heavy atom. The van der Waals surface area contributed by atoms with Crippen molar-refractivity contribution in [3.63, 3.8) is 0 Å². The van der Waals surface area contributed by atoms with E-state index >= 15 is 0 Å². The Hall–Kier alpha value is -2.00. The van der Waals surface area contributed by atoms with Crippen LogP contribution in [0.1, 0.15) is 50.2 Å². The van der Waals surface area contributed by atoms with Crippen LogP contribution < -0.4 is 11.1 Å². The largest absolute Gasteiger partial charge is 0.402 e. The molecule has 1 aliphatic rings. The lowest BCUT2D eigenvalue weighted by atomic mass is 9.94. The molecule has 0 spiro atoms. The van der Waals surface area contributed by atoms with E-state index < -0.39 is 0 Å². The van der Waals surface area contributed by atoms with Gasteiger partial charge in [-0.2, -0.15) is 0 Å². The van der Waals surface area contributed by atoms with Crippen molar-refractivity contribution in [2.75, 3.05) is 26.7 Å². The number of hydrogen-bond acceptors (Lipinski definition) is 3. The summed E-state index contributed by atoms with van der Waals surface area (Å²) in [7, 11) is 2.11. The molecular weight excluding hydrogens is 318 g/mol. The number of rotatable bonds is 9. The van der Waals surface area contributed by atoms with Crippen LogP contribution in [0.5, 0.6) is 0 Å². The molecular formula is C23H35N3. The van der Waals surface area contributed by atoms with E-state index in [9.17, 15) is 0 Å². The van der Waals surface area contributed by atoms with E-state index in [2.05, 4.69) is 68.0 Å². The predicted molar refractivity (Wildman–Crippen MR) is 114 cm³/mol. The summed E-state index contributed by atoms with van der Waals surface area (Å²) in [4.78, 5) is 2.23. The number of likely N-dealkylation sites (N-methyl/N-ethyl adjacent to an activating group) is 1. The van der Waals surface area contributed by atoms with Crippen molar-refractivity contribution in [3.8, 4) is 0 Å². The number of aryl methyl sites for hydroxylation is 1. The van der Waals surface area contributed by atoms with Gasteiger partial charge in [-0.1, -0.05) is 49.4 Å². The molecule has 0 unspecified atom stereocenters. The predicted octanol–water partition coefficient (Wildman–Crippen LogP) is 4.61. The molecule has 3 nitrogen and oxygen atoms in total. The number of allylic oxidation sites excluding steroid dienone is 3. The number of nitrogens with one attached hydrogen (secondary N) is 1. The molecule has 142 valence electrons. The van der Waals surface area contributed by atoms with Crippen LogP contribution in [0.25, 0.3) is 5.57 Å². The normalized spacial score (nSPS) is 15.3. The lowest BCUT2D eigenvalue weighted by molar-refractivity contribution is 0.413. The topological polar surface area (TPSA) is 41.3 Å². The summed E-state index contributed by atoms with van der Waals surface area (Å²) in [6.07, 6.45) is 7.88. The first-order valence-corrected chi connectivity index (χ1v) is 9.87. The van der Waals surface area contributed by atoms with E-state index in [1.54, 1.807) is 0 Å². The summed E-state index contributed by atoms with van der Waals surface area (Å²) in [6, 6.07) is 8.78. The van der Waals surface area contributed by atoms with Gasteiger partial charge in [0.15, 0.2) is 0 Å². The molecule has 2 rings (SSSR count). The SMILES string of the molecule is C=C(C1=C(N)CCCC1)N(C)CCNC/C=C(\CC)c1ccc(C)cc1. The Morgan fingerprint density at radius 3 is 2.58 bits per heavy atom. The molecule has 0 fully saturated rings. The van der Waals surface area contributed by atoms with Crippen LogP contribution in [-0.4, -0.2) is 31.6 Å². The zero-order chi connectivity index (χ0) is 18.9. The minimum atomic E-state index is 0.891. The van der Waals surface area contributed by atoms with E-state index in [4.69, 9.17) is 5.73 Å². The summed E-state index contributed by atoms with van der Waals surface area (Å²) in [5.74, 6) is 0. The van der Waals surface area contributed by atoms with Gasteiger partial charge in [0.1, 0.15) is 0 Å². The van der Waals surface area contributed by atoms with E-state index in [1.807, 2.05) is 0 Å². The highest BCUT2D eigenvalue weighted by atomic mass is 15.1. The summed E-state index contributed by atoms with van der Waals surface area (Å²) < 4.78 is 0. The minimum absolute atomic E-state index is 0.891. The van der Waals surface area contributed by atoms with Gasteiger partial charge in [-0.15, -0.1) is 0 Å². The molecule has 3 heteroatoms. The second kappa shape index (κ2) is 10.2. The maximum atomic E-state index is 6.18. The van der Waals surface area contributed by atoms with Crippen molar-refractivity contribution >= 4 is 5.57 Å². The average molecular weight is 354 g/mol. The van der Waals surface area contributed by atoms with Crippen LogP contribution >= 0.6 is 0 Å². The molecule has 0 saturated heterocycles. The zero-order valence-electron chi connectivity index (χ0n) is 16.8. The third-order valence-electron chi connectivity index (χ3n) is 5.24. The zero-order valence-corrected chi connectivity index (χ0v) is 16.8. The third-order valence-corrected chi connectivity index (χ3v) is 5.24. The molecule has 0 heterocycles. The Labute approximate surface area is 159 Å². The monoisotopic (exact) mass is 353 g/mol. The smallest absolute Gasteiger partial charge is 0.0340 e. The van der Waals surface area contributed by atoms with Gasteiger partial charge in [0.05, 0.1) is 0 Å². The van der Waals surface area contributed by atoms with E-state index in [-0.39, 0.29) is 0 Å². The third kappa shape index (κ3) is 5.77. The van der Waals surface area contributed by atoms with Gasteiger partial charge in [0.25, 0.3) is 0 Å². The fourth-order valence-electron chi connectivity index (χ4n) is 3.40. The van der Waals surface area contributed by atoms with Crippen LogP contribution in [0, 0.1) is 6.92 Å². The molecule has 26 heavy (non-hydrogen) atoms. The van der Waals surface area contributed by atoms with Gasteiger partial charge in [0.2, 0.25) is 0 Å². The first-order valence-electron chi connectivity index (χ1n) is 9.87. The summed E-state index contributed by atoms with van der Waals surface area (Å²) >= 11 is 0. The van der Waals surface area contributed by atoms with Gasteiger partial charge in [0, 0.05) is 38.1 Å². The van der Waals surface area contributed by atoms with Crippen LogP contribution in [0.2, 0.25) is 0 Å². The van der Waals surface area contributed by atoms with Gasteiger partial charge in [-0.3, -0.25) is 0 Å². The van der Waals surface area contributed by atoms with Gasteiger partial charge < -0.3 is 16.0 Å². The molecule has 0 radical (unpaired) electrons. The lowest BCUT2D eigenvalue weighted by Crippen LogP contribution is -2.30. The van der Waals surface area contributed by atoms with Crippen molar-refractivity contribution in [2.24, 2.45) is 5.73 Å². The first-order chi connectivity index (χ1) is 12.5. The number of nitrogens with zero attached hydrogens (tertiary/aromatic N) is 1. The lowest BCUT2D eigenvalue weighted by Gasteiger charge is -2.27. The molecule has 1 aromatic rings. The number of nitrogens with two attached hydrogens (primary N) is 1. The fraction of sp³-hybridized carbons (Fsp3) is 0.478. The number of hydrogen-bond donors (Lipinski definition) is 2. The van der Waals surface area contributed by atoms with Crippen LogP contribution in [0.4, 0.5) is 0 Å². The van der Waals surface area contributed by atoms with Crippen molar-refractivity contribution in [3.05, 3.63) is 65.0 Å². The second-order valence-corrected chi connectivity index (χ2v) is 7.23. The van der Waals surface area contributed by atoms with Crippen LogP contribution in [0.3, 0.4) is 0 Å². The van der Waals surface area contributed by atoms with Gasteiger partial charge in [-0.05, 0) is 55.7 Å². The minimum Gasteiger partial charge on any atom is -0.402 e. The second-order valence-electron chi connectivity index (χ2n) is 7.23. The highest BCUT2D eigenvalue weighted by molar-refractivity contribution is 5.65. The maximum Gasteiger partial charge on any atom is 0.0340 e. The molecule has 0 aliphatic heterocycles. The average Bonchev–Trinajstić information content (AvgIpc) is 2.65. The van der Waals surface area contributed by atoms with Crippen molar-refractivity contribution in [1.29, 1.82) is 0 Å².